The zero-order chi connectivity index (χ0) is 16.6. The first kappa shape index (κ1) is 15.9. The summed E-state index contributed by atoms with van der Waals surface area (Å²) in [5.74, 6) is -16.1. The fourth-order valence-electron chi connectivity index (χ4n) is 1.38. The number of thiophene rings is 1. The molecule has 0 spiro atoms. The lowest BCUT2D eigenvalue weighted by atomic mass is 10.2. The van der Waals surface area contributed by atoms with Crippen molar-refractivity contribution in [1.29, 1.82) is 0 Å². The predicted octanol–water partition coefficient (Wildman–Crippen LogP) is 3.36. The van der Waals surface area contributed by atoms with Gasteiger partial charge in [-0.15, -0.1) is 11.3 Å². The van der Waals surface area contributed by atoms with Gasteiger partial charge in [0.1, 0.15) is 9.75 Å². The third-order valence-corrected chi connectivity index (χ3v) is 3.44. The van der Waals surface area contributed by atoms with Crippen LogP contribution in [0.4, 0.5) is 22.0 Å². The molecule has 10 heteroatoms. The number of carboxylic acid groups (broad SMARTS) is 1. The Bertz CT molecular complexity index is 757. The monoisotopic (exact) mass is 338 g/mol. The first-order valence-corrected chi connectivity index (χ1v) is 6.12. The molecule has 0 aliphatic carbocycles. The molecule has 0 unspecified atom stereocenters. The van der Waals surface area contributed by atoms with Gasteiger partial charge in [-0.25, -0.2) is 22.8 Å². The Labute approximate surface area is 122 Å². The molecule has 0 amide bonds. The van der Waals surface area contributed by atoms with E-state index in [9.17, 15) is 31.5 Å². The number of rotatable bonds is 3. The van der Waals surface area contributed by atoms with Crippen LogP contribution in [0.3, 0.4) is 0 Å². The van der Waals surface area contributed by atoms with E-state index in [4.69, 9.17) is 5.11 Å². The van der Waals surface area contributed by atoms with Crippen molar-refractivity contribution in [2.45, 2.75) is 0 Å². The molecule has 1 heterocycles. The summed E-state index contributed by atoms with van der Waals surface area (Å²) in [4.78, 5) is 21.6. The largest absolute Gasteiger partial charge is 0.477 e. The number of hydrogen-bond donors (Lipinski definition) is 1. The van der Waals surface area contributed by atoms with Gasteiger partial charge in [0.2, 0.25) is 34.8 Å². The lowest BCUT2D eigenvalue weighted by molar-refractivity contribution is 0.0699. The van der Waals surface area contributed by atoms with Crippen LogP contribution in [0.5, 0.6) is 5.75 Å². The molecule has 0 aliphatic heterocycles. The van der Waals surface area contributed by atoms with Gasteiger partial charge < -0.3 is 9.84 Å². The van der Waals surface area contributed by atoms with E-state index in [-0.39, 0.29) is 9.75 Å². The van der Waals surface area contributed by atoms with E-state index >= 15 is 0 Å². The fraction of sp³-hybridized carbons (Fsp3) is 0. The number of carboxylic acids is 1. The summed E-state index contributed by atoms with van der Waals surface area (Å²) in [6.07, 6.45) is 0. The fourth-order valence-corrected chi connectivity index (χ4v) is 2.10. The van der Waals surface area contributed by atoms with Crippen LogP contribution in [0.2, 0.25) is 0 Å². The molecule has 2 rings (SSSR count). The van der Waals surface area contributed by atoms with Crippen molar-refractivity contribution in [3.63, 3.8) is 0 Å². The molecule has 0 fully saturated rings. The van der Waals surface area contributed by atoms with E-state index < -0.39 is 46.8 Å². The second kappa shape index (κ2) is 5.72. The van der Waals surface area contributed by atoms with Gasteiger partial charge in [0, 0.05) is 0 Å². The molecule has 0 saturated heterocycles. The summed E-state index contributed by atoms with van der Waals surface area (Å²) in [6, 6.07) is 1.99. The predicted molar refractivity (Wildman–Crippen MR) is 62.5 cm³/mol. The Balaban J connectivity index is 2.38. The standard InChI is InChI=1S/C12H3F5O4S/c13-5-6(14)8(16)10(9(17)7(5)15)21-12(20)4-2-1-3(22-4)11(18)19/h1-2H,(H,18,19). The zero-order valence-electron chi connectivity index (χ0n) is 10.1. The van der Waals surface area contributed by atoms with Crippen molar-refractivity contribution in [2.24, 2.45) is 0 Å². The minimum absolute atomic E-state index is 0.274. The second-order valence-corrected chi connectivity index (χ2v) is 4.84. The molecule has 0 atom stereocenters. The first-order chi connectivity index (χ1) is 10.2. The van der Waals surface area contributed by atoms with Crippen LogP contribution in [-0.4, -0.2) is 17.0 Å². The number of carbonyl (C=O) groups is 2. The molecular weight excluding hydrogens is 335 g/mol. The lowest BCUT2D eigenvalue weighted by Gasteiger charge is -2.07. The normalized spacial score (nSPS) is 10.6. The van der Waals surface area contributed by atoms with Gasteiger partial charge in [0.15, 0.2) is 0 Å². The number of benzene rings is 1. The van der Waals surface area contributed by atoms with Gasteiger partial charge in [0.25, 0.3) is 0 Å². The lowest BCUT2D eigenvalue weighted by Crippen LogP contribution is -2.12. The van der Waals surface area contributed by atoms with Crippen LogP contribution in [-0.2, 0) is 0 Å². The summed E-state index contributed by atoms with van der Waals surface area (Å²) in [5, 5.41) is 8.66. The summed E-state index contributed by atoms with van der Waals surface area (Å²) in [7, 11) is 0. The van der Waals surface area contributed by atoms with Gasteiger partial charge in [-0.1, -0.05) is 0 Å². The van der Waals surface area contributed by atoms with Crippen LogP contribution in [0, 0.1) is 29.1 Å². The highest BCUT2D eigenvalue weighted by Crippen LogP contribution is 2.30. The molecule has 1 aromatic carbocycles. The number of hydrogen-bond acceptors (Lipinski definition) is 4. The van der Waals surface area contributed by atoms with Gasteiger partial charge in [-0.05, 0) is 12.1 Å². The highest BCUT2D eigenvalue weighted by Gasteiger charge is 2.29. The van der Waals surface area contributed by atoms with Crippen molar-refractivity contribution in [1.82, 2.24) is 0 Å². The maximum atomic E-state index is 13.3. The highest BCUT2D eigenvalue weighted by atomic mass is 32.1. The van der Waals surface area contributed by atoms with Crippen molar-refractivity contribution >= 4 is 23.3 Å². The molecule has 1 N–H and O–H groups in total. The van der Waals surface area contributed by atoms with Crippen LogP contribution in [0.15, 0.2) is 12.1 Å². The minimum Gasteiger partial charge on any atom is -0.477 e. The Morgan fingerprint density at radius 1 is 0.864 bits per heavy atom. The molecule has 116 valence electrons. The van der Waals surface area contributed by atoms with Crippen molar-refractivity contribution in [3.8, 4) is 5.75 Å². The summed E-state index contributed by atoms with van der Waals surface area (Å²) >= 11 is 0.411. The van der Waals surface area contributed by atoms with Crippen LogP contribution in [0.1, 0.15) is 19.3 Å². The molecule has 1 aromatic heterocycles. The topological polar surface area (TPSA) is 63.6 Å². The maximum Gasteiger partial charge on any atom is 0.353 e. The Kier molecular flexibility index (Phi) is 4.13. The third-order valence-electron chi connectivity index (χ3n) is 2.38. The van der Waals surface area contributed by atoms with Crippen molar-refractivity contribution in [2.75, 3.05) is 0 Å². The van der Waals surface area contributed by atoms with Crippen LogP contribution >= 0.6 is 11.3 Å². The Hall–Kier alpha value is -2.49. The Morgan fingerprint density at radius 2 is 1.32 bits per heavy atom. The van der Waals surface area contributed by atoms with Gasteiger partial charge in [-0.3, -0.25) is 0 Å². The zero-order valence-corrected chi connectivity index (χ0v) is 10.9. The SMILES string of the molecule is O=C(O)c1ccc(C(=O)Oc2c(F)c(F)c(F)c(F)c2F)s1. The third kappa shape index (κ3) is 2.64. The minimum atomic E-state index is -2.39. The molecule has 0 aliphatic rings. The molecule has 22 heavy (non-hydrogen) atoms. The molecule has 2 aromatic rings. The van der Waals surface area contributed by atoms with E-state index in [0.29, 0.717) is 11.3 Å². The quantitative estimate of drug-likeness (QED) is 0.306. The average Bonchev–Trinajstić information content (AvgIpc) is 2.97. The molecule has 0 radical (unpaired) electrons. The first-order valence-electron chi connectivity index (χ1n) is 5.30. The molecular formula is C12H3F5O4S. The van der Waals surface area contributed by atoms with Crippen LogP contribution in [0.25, 0.3) is 0 Å². The summed E-state index contributed by atoms with van der Waals surface area (Å²) < 4.78 is 69.5. The number of esters is 1. The van der Waals surface area contributed by atoms with E-state index in [1.165, 1.54) is 0 Å². The van der Waals surface area contributed by atoms with E-state index in [2.05, 4.69) is 4.74 Å². The molecule has 4 nitrogen and oxygen atoms in total. The summed E-state index contributed by atoms with van der Waals surface area (Å²) in [6.45, 7) is 0. The van der Waals surface area contributed by atoms with E-state index in [1.807, 2.05) is 0 Å². The summed E-state index contributed by atoms with van der Waals surface area (Å²) in [5.41, 5.74) is 0. The van der Waals surface area contributed by atoms with Crippen molar-refractivity contribution in [3.05, 3.63) is 51.0 Å². The number of ether oxygens (including phenoxy) is 1. The van der Waals surface area contributed by atoms with Gasteiger partial charge >= 0.3 is 11.9 Å². The number of halogens is 5. The van der Waals surface area contributed by atoms with Gasteiger partial charge in [-0.2, -0.15) is 8.78 Å². The molecule has 0 bridgehead atoms. The Morgan fingerprint density at radius 3 is 1.77 bits per heavy atom. The number of aromatic carboxylic acids is 1. The van der Waals surface area contributed by atoms with Crippen molar-refractivity contribution < 1.29 is 41.4 Å². The average molecular weight is 338 g/mol. The maximum absolute atomic E-state index is 13.3. The van der Waals surface area contributed by atoms with E-state index in [1.54, 1.807) is 0 Å². The highest BCUT2D eigenvalue weighted by molar-refractivity contribution is 7.15. The molecule has 0 saturated carbocycles. The van der Waals surface area contributed by atoms with Gasteiger partial charge in [0.05, 0.1) is 0 Å². The van der Waals surface area contributed by atoms with E-state index in [0.717, 1.165) is 12.1 Å². The number of carbonyl (C=O) groups excluding carboxylic acids is 1. The smallest absolute Gasteiger partial charge is 0.353 e. The van der Waals surface area contributed by atoms with Crippen LogP contribution < -0.4 is 4.74 Å². The second-order valence-electron chi connectivity index (χ2n) is 3.76.